The maximum atomic E-state index is 13.6. The largest absolute Gasteiger partial charge is 0.493 e. The lowest BCUT2D eigenvalue weighted by Gasteiger charge is -2.36. The van der Waals surface area contributed by atoms with Crippen molar-refractivity contribution in [3.05, 3.63) is 65.7 Å². The predicted molar refractivity (Wildman–Crippen MR) is 132 cm³/mol. The van der Waals surface area contributed by atoms with E-state index < -0.39 is 0 Å². The van der Waals surface area contributed by atoms with E-state index in [1.165, 1.54) is 5.69 Å². The zero-order valence-electron chi connectivity index (χ0n) is 20.0. The number of nitrogens with zero attached hydrogens (tertiary/aromatic N) is 3. The summed E-state index contributed by atoms with van der Waals surface area (Å²) in [5, 5.41) is 0. The monoisotopic (exact) mass is 449 g/mol. The van der Waals surface area contributed by atoms with E-state index in [1.54, 1.807) is 14.2 Å². The van der Waals surface area contributed by atoms with Gasteiger partial charge in [-0.3, -0.25) is 4.79 Å². The SMILES string of the molecule is C=CCC[C@H](c1ccc(OC)c(OC)c1)N1Cc2c(cccc2N2CCN(CC)CC2)C1=O. The number of methoxy groups -OCH3 is 2. The fourth-order valence-corrected chi connectivity index (χ4v) is 5.03. The molecule has 0 bridgehead atoms. The molecular weight excluding hydrogens is 414 g/mol. The Morgan fingerprint density at radius 1 is 1.06 bits per heavy atom. The molecule has 6 heteroatoms. The maximum Gasteiger partial charge on any atom is 0.255 e. The molecule has 176 valence electrons. The molecule has 2 aromatic rings. The first-order chi connectivity index (χ1) is 16.1. The van der Waals surface area contributed by atoms with Crippen LogP contribution in [-0.4, -0.2) is 62.7 Å². The Morgan fingerprint density at radius 2 is 1.82 bits per heavy atom. The lowest BCUT2D eigenvalue weighted by Crippen LogP contribution is -2.46. The minimum Gasteiger partial charge on any atom is -0.493 e. The molecule has 0 spiro atoms. The van der Waals surface area contributed by atoms with Gasteiger partial charge in [-0.25, -0.2) is 0 Å². The second-order valence-electron chi connectivity index (χ2n) is 8.65. The van der Waals surface area contributed by atoms with Gasteiger partial charge in [0.15, 0.2) is 11.5 Å². The van der Waals surface area contributed by atoms with Crippen LogP contribution >= 0.6 is 0 Å². The van der Waals surface area contributed by atoms with E-state index in [0.29, 0.717) is 18.0 Å². The number of carbonyl (C=O) groups excluding carboxylic acids is 1. The summed E-state index contributed by atoms with van der Waals surface area (Å²) in [6.07, 6.45) is 3.55. The van der Waals surface area contributed by atoms with Gasteiger partial charge >= 0.3 is 0 Å². The quantitative estimate of drug-likeness (QED) is 0.527. The molecule has 33 heavy (non-hydrogen) atoms. The second kappa shape index (κ2) is 10.3. The van der Waals surface area contributed by atoms with E-state index in [0.717, 1.165) is 62.3 Å². The Labute approximate surface area is 197 Å². The van der Waals surface area contributed by atoms with E-state index in [4.69, 9.17) is 9.47 Å². The second-order valence-corrected chi connectivity index (χ2v) is 8.65. The van der Waals surface area contributed by atoms with Crippen LogP contribution in [0.25, 0.3) is 0 Å². The van der Waals surface area contributed by atoms with Crippen LogP contribution in [0.4, 0.5) is 5.69 Å². The lowest BCUT2D eigenvalue weighted by atomic mass is 9.99. The van der Waals surface area contributed by atoms with Crippen LogP contribution < -0.4 is 14.4 Å². The highest BCUT2D eigenvalue weighted by atomic mass is 16.5. The summed E-state index contributed by atoms with van der Waals surface area (Å²) in [6, 6.07) is 12.1. The van der Waals surface area contributed by atoms with Gasteiger partial charge in [-0.15, -0.1) is 6.58 Å². The molecule has 0 aromatic heterocycles. The average Bonchev–Trinajstić information content (AvgIpc) is 3.20. The number of anilines is 1. The third kappa shape index (κ3) is 4.58. The molecule has 1 amide bonds. The van der Waals surface area contributed by atoms with Crippen LogP contribution in [0.1, 0.15) is 47.3 Å². The number of amides is 1. The van der Waals surface area contributed by atoms with Gasteiger partial charge in [0.1, 0.15) is 0 Å². The lowest BCUT2D eigenvalue weighted by molar-refractivity contribution is 0.0692. The van der Waals surface area contributed by atoms with Gasteiger partial charge in [0.25, 0.3) is 5.91 Å². The summed E-state index contributed by atoms with van der Waals surface area (Å²) in [7, 11) is 3.27. The number of fused-ring (bicyclic) bond motifs is 1. The molecule has 4 rings (SSSR count). The molecule has 0 aliphatic carbocycles. The summed E-state index contributed by atoms with van der Waals surface area (Å²) >= 11 is 0. The molecule has 1 saturated heterocycles. The van der Waals surface area contributed by atoms with Gasteiger partial charge in [0.05, 0.1) is 20.3 Å². The maximum absolute atomic E-state index is 13.6. The van der Waals surface area contributed by atoms with Crippen molar-refractivity contribution in [1.29, 1.82) is 0 Å². The highest BCUT2D eigenvalue weighted by molar-refractivity contribution is 6.00. The molecule has 2 aliphatic heterocycles. The smallest absolute Gasteiger partial charge is 0.255 e. The Bertz CT molecular complexity index is 998. The first-order valence-corrected chi connectivity index (χ1v) is 11.8. The third-order valence-electron chi connectivity index (χ3n) is 6.94. The number of allylic oxidation sites excluding steroid dienone is 1. The minimum atomic E-state index is -0.0625. The summed E-state index contributed by atoms with van der Waals surface area (Å²) in [5.74, 6) is 1.47. The van der Waals surface area contributed by atoms with Gasteiger partial charge in [-0.1, -0.05) is 25.1 Å². The molecule has 0 saturated carbocycles. The molecule has 1 fully saturated rings. The Morgan fingerprint density at radius 3 is 2.48 bits per heavy atom. The van der Waals surface area contributed by atoms with Crippen molar-refractivity contribution in [2.45, 2.75) is 32.4 Å². The zero-order chi connectivity index (χ0) is 23.4. The number of piperazine rings is 1. The van der Waals surface area contributed by atoms with Crippen LogP contribution in [0.15, 0.2) is 49.1 Å². The molecule has 0 N–H and O–H groups in total. The fourth-order valence-electron chi connectivity index (χ4n) is 5.03. The van der Waals surface area contributed by atoms with Crippen LogP contribution in [0.5, 0.6) is 11.5 Å². The highest BCUT2D eigenvalue weighted by Gasteiger charge is 2.36. The molecule has 0 radical (unpaired) electrons. The van der Waals surface area contributed by atoms with Crippen molar-refractivity contribution in [3.8, 4) is 11.5 Å². The van der Waals surface area contributed by atoms with E-state index >= 15 is 0 Å². The van der Waals surface area contributed by atoms with Crippen LogP contribution in [0, 0.1) is 0 Å². The van der Waals surface area contributed by atoms with Crippen LogP contribution in [0.2, 0.25) is 0 Å². The molecular formula is C27H35N3O3. The minimum absolute atomic E-state index is 0.0625. The fraction of sp³-hybridized carbons (Fsp3) is 0.444. The zero-order valence-corrected chi connectivity index (χ0v) is 20.0. The first kappa shape index (κ1) is 23.2. The third-order valence-corrected chi connectivity index (χ3v) is 6.94. The molecule has 0 unspecified atom stereocenters. The number of rotatable bonds is 9. The van der Waals surface area contributed by atoms with Crippen LogP contribution in [-0.2, 0) is 6.54 Å². The molecule has 2 aliphatic rings. The van der Waals surface area contributed by atoms with Crippen molar-refractivity contribution < 1.29 is 14.3 Å². The number of hydrogen-bond donors (Lipinski definition) is 0. The van der Waals surface area contributed by atoms with Crippen molar-refractivity contribution in [3.63, 3.8) is 0 Å². The Kier molecular flexibility index (Phi) is 7.23. The van der Waals surface area contributed by atoms with Crippen molar-refractivity contribution >= 4 is 11.6 Å². The molecule has 2 heterocycles. The number of benzene rings is 2. The summed E-state index contributed by atoms with van der Waals surface area (Å²) < 4.78 is 11.0. The summed E-state index contributed by atoms with van der Waals surface area (Å²) in [5.41, 5.74) is 4.23. The highest BCUT2D eigenvalue weighted by Crippen LogP contribution is 2.40. The van der Waals surface area contributed by atoms with Gasteiger partial charge in [-0.2, -0.15) is 0 Å². The normalized spacial score (nSPS) is 17.1. The molecule has 6 nitrogen and oxygen atoms in total. The first-order valence-electron chi connectivity index (χ1n) is 11.8. The van der Waals surface area contributed by atoms with Crippen molar-refractivity contribution in [2.75, 3.05) is 51.8 Å². The van der Waals surface area contributed by atoms with Crippen molar-refractivity contribution in [1.82, 2.24) is 9.80 Å². The summed E-state index contributed by atoms with van der Waals surface area (Å²) in [6.45, 7) is 11.9. The van der Waals surface area contributed by atoms with E-state index in [-0.39, 0.29) is 11.9 Å². The van der Waals surface area contributed by atoms with E-state index in [1.807, 2.05) is 41.3 Å². The van der Waals surface area contributed by atoms with Gasteiger partial charge in [0.2, 0.25) is 0 Å². The average molecular weight is 450 g/mol. The summed E-state index contributed by atoms with van der Waals surface area (Å²) in [4.78, 5) is 20.5. The predicted octanol–water partition coefficient (Wildman–Crippen LogP) is 4.51. The van der Waals surface area contributed by atoms with Crippen molar-refractivity contribution in [2.24, 2.45) is 0 Å². The Hall–Kier alpha value is -2.99. The number of carbonyl (C=O) groups is 1. The standard InChI is InChI=1S/C27H35N3O3/c1-5-7-10-23(20-12-13-25(32-3)26(18-20)33-4)30-19-22-21(27(30)31)9-8-11-24(22)29-16-14-28(6-2)15-17-29/h5,8-9,11-13,18,23H,1,6-7,10,14-17,19H2,2-4H3/t23-/m1/s1. The van der Waals surface area contributed by atoms with Gasteiger partial charge in [-0.05, 0) is 49.2 Å². The van der Waals surface area contributed by atoms with Gasteiger partial charge < -0.3 is 24.2 Å². The topological polar surface area (TPSA) is 45.3 Å². The number of ether oxygens (including phenoxy) is 2. The molecule has 2 aromatic carbocycles. The number of hydrogen-bond acceptors (Lipinski definition) is 5. The van der Waals surface area contributed by atoms with E-state index in [2.05, 4.69) is 29.4 Å². The van der Waals surface area contributed by atoms with E-state index in [9.17, 15) is 4.79 Å². The molecule has 1 atom stereocenters. The van der Waals surface area contributed by atoms with Gasteiger partial charge in [0, 0.05) is 49.5 Å². The number of likely N-dealkylation sites (N-methyl/N-ethyl adjacent to an activating group) is 1. The Balaban J connectivity index is 1.64. The van der Waals surface area contributed by atoms with Crippen LogP contribution in [0.3, 0.4) is 0 Å².